The van der Waals surface area contributed by atoms with Crippen LogP contribution in [0.3, 0.4) is 0 Å². The highest BCUT2D eigenvalue weighted by Gasteiger charge is 2.42. The summed E-state index contributed by atoms with van der Waals surface area (Å²) in [5, 5.41) is 7.02. The minimum Gasteiger partial charge on any atom is -0.375 e. The molecule has 2 N–H and O–H groups in total. The van der Waals surface area contributed by atoms with E-state index in [0.29, 0.717) is 10.8 Å². The van der Waals surface area contributed by atoms with E-state index in [2.05, 4.69) is 76.2 Å². The number of pyridine rings is 1. The zero-order valence-corrected chi connectivity index (χ0v) is 23.5. The number of nitrogens with zero attached hydrogens (tertiary/aromatic N) is 3. The molecule has 5 rings (SSSR count). The Morgan fingerprint density at radius 3 is 2.41 bits per heavy atom. The average Bonchev–Trinajstić information content (AvgIpc) is 3.44. The summed E-state index contributed by atoms with van der Waals surface area (Å²) in [5.74, 6) is -0.198. The number of hydrogen-bond donors (Lipinski definition) is 2. The molecule has 8 heteroatoms. The van der Waals surface area contributed by atoms with E-state index in [0.717, 1.165) is 34.9 Å². The van der Waals surface area contributed by atoms with Gasteiger partial charge in [-0.05, 0) is 98.2 Å². The number of aryl methyl sites for hydroxylation is 2. The van der Waals surface area contributed by atoms with Crippen LogP contribution in [0.5, 0.6) is 0 Å². The topological polar surface area (TPSA) is 71.4 Å². The van der Waals surface area contributed by atoms with Crippen LogP contribution in [-0.2, 0) is 16.0 Å². The standard InChI is InChI=1S/C31H33N5O2S/c1-5-22-9-13-24(14-10-22)35-20(2)18-26(21(35)3)30-29(27-8-6-7-17-32-27)34-31(39)36(30)25-15-11-23(12-16-25)33-28(37)19-38-4/h6-18,29-30H,5,19H2,1-4H3,(H,33,37)(H,34,39)/t29-,30-/m1/s1. The van der Waals surface area contributed by atoms with Gasteiger partial charge in [-0.2, -0.15) is 0 Å². The van der Waals surface area contributed by atoms with Crippen molar-refractivity contribution in [1.29, 1.82) is 0 Å². The number of hydrogen-bond acceptors (Lipinski definition) is 4. The number of carbonyl (C=O) groups is 1. The van der Waals surface area contributed by atoms with Gasteiger partial charge in [0.15, 0.2) is 5.11 Å². The number of methoxy groups -OCH3 is 1. The van der Waals surface area contributed by atoms with Crippen molar-refractivity contribution >= 4 is 34.6 Å². The fraction of sp³-hybridized carbons (Fsp3) is 0.258. The summed E-state index contributed by atoms with van der Waals surface area (Å²) in [5.41, 5.74) is 8.49. The second kappa shape index (κ2) is 11.4. The monoisotopic (exact) mass is 539 g/mol. The number of aromatic nitrogens is 2. The lowest BCUT2D eigenvalue weighted by Crippen LogP contribution is -2.29. The molecule has 1 fully saturated rings. The molecule has 0 bridgehead atoms. The van der Waals surface area contributed by atoms with Gasteiger partial charge in [0.05, 0.1) is 17.8 Å². The number of nitrogens with one attached hydrogen (secondary N) is 2. The molecular weight excluding hydrogens is 506 g/mol. The molecule has 7 nitrogen and oxygen atoms in total. The van der Waals surface area contributed by atoms with Crippen LogP contribution in [0, 0.1) is 13.8 Å². The summed E-state index contributed by atoms with van der Waals surface area (Å²) >= 11 is 5.91. The van der Waals surface area contributed by atoms with Crippen molar-refractivity contribution in [1.82, 2.24) is 14.9 Å². The Kier molecular flexibility index (Phi) is 7.77. The summed E-state index contributed by atoms with van der Waals surface area (Å²) in [6.45, 7) is 6.48. The molecule has 0 spiro atoms. The van der Waals surface area contributed by atoms with Gasteiger partial charge in [0.1, 0.15) is 6.61 Å². The summed E-state index contributed by atoms with van der Waals surface area (Å²) in [7, 11) is 1.50. The van der Waals surface area contributed by atoms with Crippen LogP contribution >= 0.6 is 12.2 Å². The van der Waals surface area contributed by atoms with Crippen molar-refractivity contribution in [2.24, 2.45) is 0 Å². The van der Waals surface area contributed by atoms with Gasteiger partial charge in [0, 0.05) is 41.8 Å². The fourth-order valence-electron chi connectivity index (χ4n) is 5.35. The average molecular weight is 540 g/mol. The van der Waals surface area contributed by atoms with Gasteiger partial charge in [-0.3, -0.25) is 9.78 Å². The zero-order chi connectivity index (χ0) is 27.5. The molecule has 2 aromatic carbocycles. The van der Waals surface area contributed by atoms with Crippen molar-refractivity contribution in [3.8, 4) is 5.69 Å². The van der Waals surface area contributed by atoms with Crippen molar-refractivity contribution in [3.63, 3.8) is 0 Å². The number of thiocarbonyl (C=S) groups is 1. The van der Waals surface area contributed by atoms with Crippen molar-refractivity contribution in [2.75, 3.05) is 23.9 Å². The number of amides is 1. The first kappa shape index (κ1) is 26.6. The molecule has 0 unspecified atom stereocenters. The lowest BCUT2D eigenvalue weighted by Gasteiger charge is -2.28. The molecular formula is C31H33N5O2S. The van der Waals surface area contributed by atoms with Gasteiger partial charge < -0.3 is 24.8 Å². The van der Waals surface area contributed by atoms with Crippen LogP contribution in [0.15, 0.2) is 79.0 Å². The molecule has 0 aliphatic carbocycles. The fourth-order valence-corrected chi connectivity index (χ4v) is 5.69. The Balaban J connectivity index is 1.57. The van der Waals surface area contributed by atoms with Crippen LogP contribution in [0.1, 0.15) is 47.2 Å². The number of ether oxygens (including phenoxy) is 1. The Bertz CT molecular complexity index is 1470. The third kappa shape index (κ3) is 5.30. The lowest BCUT2D eigenvalue weighted by atomic mass is 9.96. The van der Waals surface area contributed by atoms with Gasteiger partial charge >= 0.3 is 0 Å². The molecule has 0 saturated carbocycles. The van der Waals surface area contributed by atoms with E-state index in [1.165, 1.54) is 18.2 Å². The maximum absolute atomic E-state index is 12.0. The molecule has 39 heavy (non-hydrogen) atoms. The number of benzene rings is 2. The van der Waals surface area contributed by atoms with E-state index in [4.69, 9.17) is 17.0 Å². The maximum atomic E-state index is 12.0. The van der Waals surface area contributed by atoms with E-state index >= 15 is 0 Å². The van der Waals surface area contributed by atoms with Crippen LogP contribution in [0.2, 0.25) is 0 Å². The minimum atomic E-state index is -0.198. The molecule has 1 saturated heterocycles. The molecule has 1 aliphatic heterocycles. The minimum absolute atomic E-state index is 0.00645. The molecule has 1 amide bonds. The Hall–Kier alpha value is -4.01. The normalized spacial score (nSPS) is 16.8. The van der Waals surface area contributed by atoms with Gasteiger partial charge in [0.2, 0.25) is 5.91 Å². The van der Waals surface area contributed by atoms with Gasteiger partial charge in [-0.15, -0.1) is 0 Å². The quantitative estimate of drug-likeness (QED) is 0.275. The van der Waals surface area contributed by atoms with Crippen LogP contribution in [-0.4, -0.2) is 34.3 Å². The Labute approximate surface area is 234 Å². The largest absolute Gasteiger partial charge is 0.375 e. The first-order valence-electron chi connectivity index (χ1n) is 13.1. The highest BCUT2D eigenvalue weighted by Crippen LogP contribution is 2.44. The van der Waals surface area contributed by atoms with Gasteiger partial charge in [-0.25, -0.2) is 0 Å². The second-order valence-corrected chi connectivity index (χ2v) is 10.1. The first-order valence-corrected chi connectivity index (χ1v) is 13.5. The van der Waals surface area contributed by atoms with Crippen molar-refractivity contribution < 1.29 is 9.53 Å². The smallest absolute Gasteiger partial charge is 0.250 e. The third-order valence-electron chi connectivity index (χ3n) is 7.19. The van der Waals surface area contributed by atoms with E-state index in [1.807, 2.05) is 48.7 Å². The molecule has 2 atom stereocenters. The summed E-state index contributed by atoms with van der Waals surface area (Å²) in [4.78, 5) is 18.8. The first-order chi connectivity index (χ1) is 18.9. The van der Waals surface area contributed by atoms with Crippen LogP contribution in [0.4, 0.5) is 11.4 Å². The van der Waals surface area contributed by atoms with Crippen molar-refractivity contribution in [2.45, 2.75) is 39.3 Å². The molecule has 1 aliphatic rings. The van der Waals surface area contributed by atoms with E-state index in [9.17, 15) is 4.79 Å². The van der Waals surface area contributed by atoms with Crippen molar-refractivity contribution in [3.05, 3.63) is 107 Å². The Morgan fingerprint density at radius 1 is 1.05 bits per heavy atom. The molecule has 2 aromatic heterocycles. The van der Waals surface area contributed by atoms with E-state index < -0.39 is 0 Å². The predicted octanol–water partition coefficient (Wildman–Crippen LogP) is 5.81. The summed E-state index contributed by atoms with van der Waals surface area (Å²) in [6.07, 6.45) is 2.83. The SMILES string of the molecule is CCc1ccc(-n2c(C)cc([C@@H]3[C@@H](c4ccccn4)NC(=S)N3c3ccc(NC(=O)COC)cc3)c2C)cc1. The summed E-state index contributed by atoms with van der Waals surface area (Å²) in [6, 6.07) is 24.4. The van der Waals surface area contributed by atoms with Gasteiger partial charge in [-0.1, -0.05) is 25.1 Å². The molecule has 4 aromatic rings. The maximum Gasteiger partial charge on any atom is 0.250 e. The molecule has 0 radical (unpaired) electrons. The van der Waals surface area contributed by atoms with Crippen LogP contribution < -0.4 is 15.5 Å². The van der Waals surface area contributed by atoms with E-state index in [1.54, 1.807) is 0 Å². The highest BCUT2D eigenvalue weighted by atomic mass is 32.1. The number of anilines is 2. The Morgan fingerprint density at radius 2 is 1.77 bits per heavy atom. The molecule has 3 heterocycles. The lowest BCUT2D eigenvalue weighted by molar-refractivity contribution is -0.119. The van der Waals surface area contributed by atoms with Crippen LogP contribution in [0.25, 0.3) is 5.69 Å². The second-order valence-electron chi connectivity index (χ2n) is 9.71. The third-order valence-corrected chi connectivity index (χ3v) is 7.51. The van der Waals surface area contributed by atoms with E-state index in [-0.39, 0.29) is 24.6 Å². The van der Waals surface area contributed by atoms with Gasteiger partial charge in [0.25, 0.3) is 0 Å². The highest BCUT2D eigenvalue weighted by molar-refractivity contribution is 7.80. The molecule has 200 valence electrons. The zero-order valence-electron chi connectivity index (χ0n) is 22.6. The number of carbonyl (C=O) groups excluding carboxylic acids is 1. The summed E-state index contributed by atoms with van der Waals surface area (Å²) < 4.78 is 7.23. The number of rotatable bonds is 8. The predicted molar refractivity (Wildman–Crippen MR) is 160 cm³/mol.